The molecular weight excluding hydrogens is 283 g/mol. The number of aliphatic hydroxyl groups is 1. The summed E-state index contributed by atoms with van der Waals surface area (Å²) in [6.45, 7) is 0. The summed E-state index contributed by atoms with van der Waals surface area (Å²) < 4.78 is 13.8. The Balaban J connectivity index is 2.17. The van der Waals surface area contributed by atoms with E-state index in [0.717, 1.165) is 5.56 Å². The van der Waals surface area contributed by atoms with Gasteiger partial charge in [0.1, 0.15) is 5.82 Å². The van der Waals surface area contributed by atoms with Crippen LogP contribution in [0.3, 0.4) is 0 Å². The first-order valence-corrected chi connectivity index (χ1v) is 6.12. The van der Waals surface area contributed by atoms with Crippen molar-refractivity contribution in [2.24, 2.45) is 0 Å². The number of halogens is 2. The van der Waals surface area contributed by atoms with Crippen molar-refractivity contribution in [2.75, 3.05) is 0 Å². The standard InChI is InChI=1S/C14H12BrFO/c15-12-7-11(8-13(16)9-12)14(17)6-10-4-2-1-3-5-10/h1-5,7-9,14,17H,6H2. The van der Waals surface area contributed by atoms with Gasteiger partial charge in [0.25, 0.3) is 0 Å². The Morgan fingerprint density at radius 3 is 2.47 bits per heavy atom. The van der Waals surface area contributed by atoms with E-state index < -0.39 is 6.10 Å². The maximum atomic E-state index is 13.2. The molecule has 1 N–H and O–H groups in total. The molecule has 0 bridgehead atoms. The molecule has 1 atom stereocenters. The van der Waals surface area contributed by atoms with Crippen LogP contribution in [0.25, 0.3) is 0 Å². The van der Waals surface area contributed by atoms with Crippen LogP contribution in [0, 0.1) is 5.82 Å². The molecule has 0 aliphatic heterocycles. The molecule has 0 amide bonds. The van der Waals surface area contributed by atoms with Crippen LogP contribution in [-0.4, -0.2) is 5.11 Å². The fourth-order valence-electron chi connectivity index (χ4n) is 1.72. The van der Waals surface area contributed by atoms with Gasteiger partial charge in [0, 0.05) is 10.9 Å². The minimum atomic E-state index is -0.690. The van der Waals surface area contributed by atoms with Crippen molar-refractivity contribution in [1.29, 1.82) is 0 Å². The summed E-state index contributed by atoms with van der Waals surface area (Å²) >= 11 is 3.22. The van der Waals surface area contributed by atoms with Crippen LogP contribution >= 0.6 is 15.9 Å². The van der Waals surface area contributed by atoms with Gasteiger partial charge in [-0.15, -0.1) is 0 Å². The first kappa shape index (κ1) is 12.3. The largest absolute Gasteiger partial charge is 0.388 e. The number of hydrogen-bond acceptors (Lipinski definition) is 1. The topological polar surface area (TPSA) is 20.2 Å². The molecule has 2 aromatic carbocycles. The van der Waals surface area contributed by atoms with Gasteiger partial charge in [-0.2, -0.15) is 0 Å². The Hall–Kier alpha value is -1.19. The highest BCUT2D eigenvalue weighted by Crippen LogP contribution is 2.23. The summed E-state index contributed by atoms with van der Waals surface area (Å²) in [5.74, 6) is -0.346. The first-order chi connectivity index (χ1) is 8.15. The zero-order valence-electron chi connectivity index (χ0n) is 9.11. The molecule has 2 aromatic rings. The van der Waals surface area contributed by atoms with Gasteiger partial charge < -0.3 is 5.11 Å². The lowest BCUT2D eigenvalue weighted by molar-refractivity contribution is 0.178. The minimum absolute atomic E-state index is 0.346. The molecule has 1 unspecified atom stereocenters. The number of benzene rings is 2. The average molecular weight is 295 g/mol. The highest BCUT2D eigenvalue weighted by Gasteiger charge is 2.10. The SMILES string of the molecule is OC(Cc1ccccc1)c1cc(F)cc(Br)c1. The van der Waals surface area contributed by atoms with Gasteiger partial charge in [-0.1, -0.05) is 46.3 Å². The fourth-order valence-corrected chi connectivity index (χ4v) is 2.21. The molecule has 88 valence electrons. The molecule has 0 spiro atoms. The monoisotopic (exact) mass is 294 g/mol. The molecule has 0 aliphatic carbocycles. The zero-order valence-corrected chi connectivity index (χ0v) is 10.7. The van der Waals surface area contributed by atoms with Crippen molar-refractivity contribution in [3.63, 3.8) is 0 Å². The molecule has 0 aliphatic rings. The second-order valence-corrected chi connectivity index (χ2v) is 4.82. The maximum Gasteiger partial charge on any atom is 0.124 e. The van der Waals surface area contributed by atoms with E-state index in [9.17, 15) is 9.50 Å². The van der Waals surface area contributed by atoms with E-state index in [-0.39, 0.29) is 5.82 Å². The van der Waals surface area contributed by atoms with E-state index in [4.69, 9.17) is 0 Å². The third kappa shape index (κ3) is 3.38. The van der Waals surface area contributed by atoms with Crippen LogP contribution in [0.15, 0.2) is 53.0 Å². The van der Waals surface area contributed by atoms with Gasteiger partial charge in [0.05, 0.1) is 6.10 Å². The van der Waals surface area contributed by atoms with E-state index in [1.54, 1.807) is 6.07 Å². The molecule has 17 heavy (non-hydrogen) atoms. The van der Waals surface area contributed by atoms with Crippen molar-refractivity contribution in [1.82, 2.24) is 0 Å². The van der Waals surface area contributed by atoms with Crippen molar-refractivity contribution in [3.8, 4) is 0 Å². The van der Waals surface area contributed by atoms with Crippen LogP contribution in [0.1, 0.15) is 17.2 Å². The van der Waals surface area contributed by atoms with E-state index in [1.807, 2.05) is 30.3 Å². The van der Waals surface area contributed by atoms with Gasteiger partial charge in [-0.3, -0.25) is 0 Å². The van der Waals surface area contributed by atoms with E-state index in [1.165, 1.54) is 12.1 Å². The molecule has 0 radical (unpaired) electrons. The molecule has 0 fully saturated rings. The van der Waals surface area contributed by atoms with Crippen LogP contribution < -0.4 is 0 Å². The average Bonchev–Trinajstić information content (AvgIpc) is 2.29. The van der Waals surface area contributed by atoms with Gasteiger partial charge >= 0.3 is 0 Å². The second kappa shape index (κ2) is 5.43. The minimum Gasteiger partial charge on any atom is -0.388 e. The lowest BCUT2D eigenvalue weighted by Gasteiger charge is -2.11. The highest BCUT2D eigenvalue weighted by atomic mass is 79.9. The number of rotatable bonds is 3. The molecule has 0 saturated heterocycles. The Bertz CT molecular complexity index is 479. The number of aliphatic hydroxyl groups excluding tert-OH is 1. The second-order valence-electron chi connectivity index (χ2n) is 3.91. The molecule has 3 heteroatoms. The quantitative estimate of drug-likeness (QED) is 0.911. The molecule has 0 aromatic heterocycles. The third-order valence-electron chi connectivity index (χ3n) is 2.54. The van der Waals surface area contributed by atoms with Crippen LogP contribution in [0.5, 0.6) is 0 Å². The first-order valence-electron chi connectivity index (χ1n) is 5.33. The van der Waals surface area contributed by atoms with Crippen molar-refractivity contribution in [2.45, 2.75) is 12.5 Å². The summed E-state index contributed by atoms with van der Waals surface area (Å²) in [5.41, 5.74) is 1.61. The summed E-state index contributed by atoms with van der Waals surface area (Å²) in [6, 6.07) is 14.1. The molecule has 0 heterocycles. The van der Waals surface area contributed by atoms with Gasteiger partial charge in [0.15, 0.2) is 0 Å². The van der Waals surface area contributed by atoms with Crippen molar-refractivity contribution >= 4 is 15.9 Å². The maximum absolute atomic E-state index is 13.2. The fraction of sp³-hybridized carbons (Fsp3) is 0.143. The molecule has 1 nitrogen and oxygen atoms in total. The highest BCUT2D eigenvalue weighted by molar-refractivity contribution is 9.10. The Morgan fingerprint density at radius 2 is 1.82 bits per heavy atom. The zero-order chi connectivity index (χ0) is 12.3. The van der Waals surface area contributed by atoms with Gasteiger partial charge in [0.2, 0.25) is 0 Å². The summed E-state index contributed by atoms with van der Waals surface area (Å²) in [7, 11) is 0. The van der Waals surface area contributed by atoms with E-state index in [2.05, 4.69) is 15.9 Å². The lowest BCUT2D eigenvalue weighted by Crippen LogP contribution is -2.02. The summed E-state index contributed by atoms with van der Waals surface area (Å²) in [4.78, 5) is 0. The molecular formula is C14H12BrFO. The Labute approximate surface area is 108 Å². The lowest BCUT2D eigenvalue weighted by atomic mass is 10.0. The van der Waals surface area contributed by atoms with Crippen LogP contribution in [0.2, 0.25) is 0 Å². The Morgan fingerprint density at radius 1 is 1.12 bits per heavy atom. The van der Waals surface area contributed by atoms with Crippen molar-refractivity contribution < 1.29 is 9.50 Å². The molecule has 0 saturated carbocycles. The van der Waals surface area contributed by atoms with Gasteiger partial charge in [-0.25, -0.2) is 4.39 Å². The Kier molecular flexibility index (Phi) is 3.92. The summed E-state index contributed by atoms with van der Waals surface area (Å²) in [5, 5.41) is 10.0. The van der Waals surface area contributed by atoms with Crippen LogP contribution in [0.4, 0.5) is 4.39 Å². The predicted molar refractivity (Wildman–Crippen MR) is 69.2 cm³/mol. The van der Waals surface area contributed by atoms with E-state index in [0.29, 0.717) is 16.5 Å². The van der Waals surface area contributed by atoms with Crippen molar-refractivity contribution in [3.05, 3.63) is 69.9 Å². The van der Waals surface area contributed by atoms with Gasteiger partial charge in [-0.05, 0) is 29.3 Å². The third-order valence-corrected chi connectivity index (χ3v) is 3.00. The molecule has 2 rings (SSSR count). The van der Waals surface area contributed by atoms with E-state index >= 15 is 0 Å². The predicted octanol–water partition coefficient (Wildman–Crippen LogP) is 3.86. The smallest absolute Gasteiger partial charge is 0.124 e. The summed E-state index contributed by atoms with van der Waals surface area (Å²) in [6.07, 6.45) is -0.208. The normalized spacial score (nSPS) is 12.4. The van der Waals surface area contributed by atoms with Crippen LogP contribution in [-0.2, 0) is 6.42 Å². The number of hydrogen-bond donors (Lipinski definition) is 1.